The van der Waals surface area contributed by atoms with Crippen molar-refractivity contribution in [2.24, 2.45) is 0 Å². The molecule has 14 heavy (non-hydrogen) atoms. The molecule has 1 N–H and O–H groups in total. The van der Waals surface area contributed by atoms with Crippen LogP contribution >= 0.6 is 11.3 Å². The largest absolute Gasteiger partial charge is 0.379 e. The fourth-order valence-corrected chi connectivity index (χ4v) is 1.93. The van der Waals surface area contributed by atoms with E-state index >= 15 is 0 Å². The first-order valence-electron chi connectivity index (χ1n) is 4.52. The first-order valence-corrected chi connectivity index (χ1v) is 5.40. The van der Waals surface area contributed by atoms with Crippen LogP contribution in [0.4, 0.5) is 5.69 Å². The van der Waals surface area contributed by atoms with E-state index < -0.39 is 0 Å². The lowest BCUT2D eigenvalue weighted by Gasteiger charge is -2.21. The Morgan fingerprint density at radius 1 is 1.29 bits per heavy atom. The van der Waals surface area contributed by atoms with Gasteiger partial charge >= 0.3 is 0 Å². The van der Waals surface area contributed by atoms with E-state index in [1.54, 1.807) is 11.3 Å². The van der Waals surface area contributed by atoms with Gasteiger partial charge in [-0.1, -0.05) is 0 Å². The Kier molecular flexibility index (Phi) is 2.15. The Morgan fingerprint density at radius 3 is 2.79 bits per heavy atom. The van der Waals surface area contributed by atoms with Gasteiger partial charge in [0.2, 0.25) is 0 Å². The van der Waals surface area contributed by atoms with Crippen molar-refractivity contribution in [2.45, 2.75) is 26.3 Å². The number of aromatic nitrogens is 2. The first-order chi connectivity index (χ1) is 6.54. The smallest absolute Gasteiger partial charge is 0.170 e. The SMILES string of the molecule is CC(C)(C)Nc1cnc2ncsc2c1. The fourth-order valence-electron chi connectivity index (χ4n) is 1.26. The average Bonchev–Trinajstić information content (AvgIpc) is 2.47. The van der Waals surface area contributed by atoms with E-state index in [2.05, 4.69) is 42.1 Å². The van der Waals surface area contributed by atoms with Crippen LogP contribution in [-0.4, -0.2) is 15.5 Å². The van der Waals surface area contributed by atoms with E-state index in [9.17, 15) is 0 Å². The van der Waals surface area contributed by atoms with Crippen LogP contribution in [0, 0.1) is 0 Å². The van der Waals surface area contributed by atoms with Crippen LogP contribution in [0.2, 0.25) is 0 Å². The zero-order valence-corrected chi connectivity index (χ0v) is 9.35. The van der Waals surface area contributed by atoms with Gasteiger partial charge in [-0.3, -0.25) is 0 Å². The third kappa shape index (κ3) is 2.01. The van der Waals surface area contributed by atoms with Crippen LogP contribution in [0.5, 0.6) is 0 Å². The number of anilines is 1. The summed E-state index contributed by atoms with van der Waals surface area (Å²) in [5.41, 5.74) is 3.77. The summed E-state index contributed by atoms with van der Waals surface area (Å²) >= 11 is 1.61. The topological polar surface area (TPSA) is 37.8 Å². The van der Waals surface area contributed by atoms with Crippen molar-refractivity contribution in [2.75, 3.05) is 5.32 Å². The van der Waals surface area contributed by atoms with Crippen LogP contribution in [0.3, 0.4) is 0 Å². The zero-order valence-electron chi connectivity index (χ0n) is 8.53. The summed E-state index contributed by atoms with van der Waals surface area (Å²) in [5.74, 6) is 0. The van der Waals surface area contributed by atoms with Crippen LogP contribution in [0.15, 0.2) is 17.8 Å². The summed E-state index contributed by atoms with van der Waals surface area (Å²) in [6.07, 6.45) is 1.83. The number of pyridine rings is 1. The van der Waals surface area contributed by atoms with E-state index in [1.165, 1.54) is 0 Å². The summed E-state index contributed by atoms with van der Waals surface area (Å²) in [4.78, 5) is 8.40. The maximum Gasteiger partial charge on any atom is 0.170 e. The second kappa shape index (κ2) is 3.20. The van der Waals surface area contributed by atoms with Crippen LogP contribution in [-0.2, 0) is 0 Å². The first kappa shape index (κ1) is 9.40. The third-order valence-electron chi connectivity index (χ3n) is 1.71. The number of hydrogen-bond acceptors (Lipinski definition) is 4. The standard InChI is InChI=1S/C10H13N3S/c1-10(2,3)13-7-4-8-9(11-5-7)12-6-14-8/h4-6,13H,1-3H3. The van der Waals surface area contributed by atoms with Gasteiger partial charge < -0.3 is 5.32 Å². The van der Waals surface area contributed by atoms with Gasteiger partial charge in [0.25, 0.3) is 0 Å². The molecule has 0 atom stereocenters. The average molecular weight is 207 g/mol. The molecule has 3 nitrogen and oxygen atoms in total. The molecule has 0 saturated carbocycles. The lowest BCUT2D eigenvalue weighted by molar-refractivity contribution is 0.634. The zero-order chi connectivity index (χ0) is 10.2. The summed E-state index contributed by atoms with van der Waals surface area (Å²) in [7, 11) is 0. The van der Waals surface area contributed by atoms with Gasteiger partial charge in [0, 0.05) is 5.54 Å². The molecule has 0 unspecified atom stereocenters. The number of nitrogens with one attached hydrogen (secondary N) is 1. The Morgan fingerprint density at radius 2 is 2.07 bits per heavy atom. The fraction of sp³-hybridized carbons (Fsp3) is 0.400. The molecule has 0 aromatic carbocycles. The summed E-state index contributed by atoms with van der Waals surface area (Å²) in [5, 5.41) is 3.38. The van der Waals surface area contributed by atoms with Crippen molar-refractivity contribution in [1.29, 1.82) is 0 Å². The van der Waals surface area contributed by atoms with Gasteiger partial charge in [0.1, 0.15) is 0 Å². The quantitative estimate of drug-likeness (QED) is 0.781. The maximum absolute atomic E-state index is 4.26. The summed E-state index contributed by atoms with van der Waals surface area (Å²) in [6.45, 7) is 6.39. The van der Waals surface area contributed by atoms with Gasteiger partial charge in [-0.2, -0.15) is 0 Å². The molecule has 4 heteroatoms. The van der Waals surface area contributed by atoms with E-state index in [0.717, 1.165) is 16.0 Å². The Balaban J connectivity index is 2.35. The predicted octanol–water partition coefficient (Wildman–Crippen LogP) is 2.90. The van der Waals surface area contributed by atoms with E-state index in [-0.39, 0.29) is 5.54 Å². The van der Waals surface area contributed by atoms with Gasteiger partial charge in [-0.05, 0) is 26.8 Å². The van der Waals surface area contributed by atoms with Crippen LogP contribution in [0.25, 0.3) is 10.3 Å². The molecular weight excluding hydrogens is 194 g/mol. The summed E-state index contributed by atoms with van der Waals surface area (Å²) in [6, 6.07) is 2.09. The van der Waals surface area contributed by atoms with Crippen LogP contribution in [0.1, 0.15) is 20.8 Å². The molecule has 2 heterocycles. The van der Waals surface area contributed by atoms with Gasteiger partial charge in [0.15, 0.2) is 5.65 Å². The molecular formula is C10H13N3S. The van der Waals surface area contributed by atoms with Gasteiger partial charge in [-0.25, -0.2) is 9.97 Å². The molecule has 0 aliphatic rings. The highest BCUT2D eigenvalue weighted by atomic mass is 32.1. The lowest BCUT2D eigenvalue weighted by Crippen LogP contribution is -2.25. The molecule has 0 aliphatic carbocycles. The Labute approximate surface area is 87.2 Å². The molecule has 0 fully saturated rings. The molecule has 0 bridgehead atoms. The van der Waals surface area contributed by atoms with Crippen molar-refractivity contribution in [1.82, 2.24) is 9.97 Å². The molecule has 2 aromatic rings. The maximum atomic E-state index is 4.26. The molecule has 2 aromatic heterocycles. The number of thiazole rings is 1. The van der Waals surface area contributed by atoms with Crippen molar-refractivity contribution < 1.29 is 0 Å². The number of nitrogens with zero attached hydrogens (tertiary/aromatic N) is 2. The highest BCUT2D eigenvalue weighted by Crippen LogP contribution is 2.21. The molecule has 0 saturated heterocycles. The second-order valence-electron chi connectivity index (χ2n) is 4.27. The molecule has 0 radical (unpaired) electrons. The van der Waals surface area contributed by atoms with E-state index in [1.807, 2.05) is 11.7 Å². The number of hydrogen-bond donors (Lipinski definition) is 1. The van der Waals surface area contributed by atoms with Crippen molar-refractivity contribution in [3.05, 3.63) is 17.8 Å². The predicted molar refractivity (Wildman–Crippen MR) is 60.8 cm³/mol. The third-order valence-corrected chi connectivity index (χ3v) is 2.47. The van der Waals surface area contributed by atoms with E-state index in [0.29, 0.717) is 0 Å². The molecule has 0 aliphatic heterocycles. The normalized spacial score (nSPS) is 11.9. The Bertz CT molecular complexity index is 442. The minimum Gasteiger partial charge on any atom is -0.379 e. The van der Waals surface area contributed by atoms with Gasteiger partial charge in [0.05, 0.1) is 22.1 Å². The Hall–Kier alpha value is -1.16. The minimum atomic E-state index is 0.0695. The van der Waals surface area contributed by atoms with Crippen LogP contribution < -0.4 is 5.32 Å². The number of fused-ring (bicyclic) bond motifs is 1. The molecule has 0 amide bonds. The highest BCUT2D eigenvalue weighted by molar-refractivity contribution is 7.16. The van der Waals surface area contributed by atoms with Gasteiger partial charge in [-0.15, -0.1) is 11.3 Å². The van der Waals surface area contributed by atoms with Crippen molar-refractivity contribution in [3.63, 3.8) is 0 Å². The lowest BCUT2D eigenvalue weighted by atomic mass is 10.1. The minimum absolute atomic E-state index is 0.0695. The van der Waals surface area contributed by atoms with Crippen molar-refractivity contribution >= 4 is 27.4 Å². The second-order valence-corrected chi connectivity index (χ2v) is 5.16. The molecule has 0 spiro atoms. The highest BCUT2D eigenvalue weighted by Gasteiger charge is 2.09. The van der Waals surface area contributed by atoms with E-state index in [4.69, 9.17) is 0 Å². The molecule has 74 valence electrons. The summed E-state index contributed by atoms with van der Waals surface area (Å²) < 4.78 is 1.12. The monoisotopic (exact) mass is 207 g/mol. The number of rotatable bonds is 1. The van der Waals surface area contributed by atoms with Crippen molar-refractivity contribution in [3.8, 4) is 0 Å². The molecule has 2 rings (SSSR count).